The van der Waals surface area contributed by atoms with Crippen molar-refractivity contribution in [3.63, 3.8) is 0 Å². The molecule has 0 radical (unpaired) electrons. The van der Waals surface area contributed by atoms with Gasteiger partial charge in [0.05, 0.1) is 9.82 Å². The molecule has 8 nitrogen and oxygen atoms in total. The number of carbonyl (C=O) groups excluding carboxylic acids is 1. The number of hydrogen-bond acceptors (Lipinski definition) is 5. The number of amides is 1. The Morgan fingerprint density at radius 1 is 1.03 bits per heavy atom. The van der Waals surface area contributed by atoms with Gasteiger partial charge in [-0.3, -0.25) is 14.9 Å². The largest absolute Gasteiger partial charge is 0.340 e. The molecule has 9 heteroatoms. The van der Waals surface area contributed by atoms with Crippen molar-refractivity contribution in [3.8, 4) is 0 Å². The summed E-state index contributed by atoms with van der Waals surface area (Å²) in [6.45, 7) is 4.66. The third-order valence-corrected chi connectivity index (χ3v) is 7.69. The molecule has 1 aliphatic rings. The molecule has 0 spiro atoms. The third kappa shape index (κ3) is 5.29. The van der Waals surface area contributed by atoms with Crippen LogP contribution >= 0.6 is 0 Å². The highest BCUT2D eigenvalue weighted by Gasteiger charge is 2.32. The molecule has 0 saturated carbocycles. The minimum Gasteiger partial charge on any atom is -0.340 e. The topological polar surface area (TPSA) is 101 Å². The lowest BCUT2D eigenvalue weighted by atomic mass is 10.1. The van der Waals surface area contributed by atoms with Crippen LogP contribution in [0.2, 0.25) is 0 Å². The molecule has 0 bridgehead atoms. The van der Waals surface area contributed by atoms with E-state index in [1.807, 2.05) is 12.1 Å². The number of benzene rings is 2. The van der Waals surface area contributed by atoms with Gasteiger partial charge in [0.1, 0.15) is 0 Å². The molecule has 1 aliphatic heterocycles. The Morgan fingerprint density at radius 2 is 1.65 bits per heavy atom. The van der Waals surface area contributed by atoms with Gasteiger partial charge >= 0.3 is 0 Å². The van der Waals surface area contributed by atoms with E-state index < -0.39 is 14.9 Å². The monoisotopic (exact) mass is 445 g/mol. The van der Waals surface area contributed by atoms with Crippen molar-refractivity contribution in [3.05, 3.63) is 69.3 Å². The van der Waals surface area contributed by atoms with Crippen LogP contribution in [0.5, 0.6) is 0 Å². The van der Waals surface area contributed by atoms with Crippen molar-refractivity contribution < 1.29 is 18.1 Å². The van der Waals surface area contributed by atoms with Crippen LogP contribution in [0.3, 0.4) is 0 Å². The van der Waals surface area contributed by atoms with Crippen LogP contribution in [0, 0.1) is 17.0 Å². The summed E-state index contributed by atoms with van der Waals surface area (Å²) in [5.74, 6) is 0.00291. The second-order valence-corrected chi connectivity index (χ2v) is 9.57. The molecule has 0 aromatic heterocycles. The summed E-state index contributed by atoms with van der Waals surface area (Å²) >= 11 is 0. The fourth-order valence-electron chi connectivity index (χ4n) is 3.65. The van der Waals surface area contributed by atoms with Crippen molar-refractivity contribution in [1.82, 2.24) is 9.21 Å². The molecular weight excluding hydrogens is 418 g/mol. The smallest absolute Gasteiger partial charge is 0.270 e. The zero-order chi connectivity index (χ0) is 22.6. The Morgan fingerprint density at radius 3 is 2.23 bits per heavy atom. The highest BCUT2D eigenvalue weighted by atomic mass is 32.2. The second kappa shape index (κ2) is 9.57. The summed E-state index contributed by atoms with van der Waals surface area (Å²) in [4.78, 5) is 24.6. The number of hydrogen-bond donors (Lipinski definition) is 0. The van der Waals surface area contributed by atoms with E-state index in [2.05, 4.69) is 19.1 Å². The van der Waals surface area contributed by atoms with Crippen LogP contribution < -0.4 is 0 Å². The summed E-state index contributed by atoms with van der Waals surface area (Å²) in [7, 11) is -3.87. The van der Waals surface area contributed by atoms with Crippen molar-refractivity contribution in [2.75, 3.05) is 26.2 Å². The molecule has 0 N–H and O–H groups in total. The molecule has 1 amide bonds. The predicted octanol–water partition coefficient (Wildman–Crippen LogP) is 2.93. The summed E-state index contributed by atoms with van der Waals surface area (Å²) < 4.78 is 27.3. The maximum atomic E-state index is 13.0. The number of piperazine rings is 1. The zero-order valence-electron chi connectivity index (χ0n) is 17.8. The van der Waals surface area contributed by atoms with Gasteiger partial charge in [-0.05, 0) is 36.5 Å². The summed E-state index contributed by atoms with van der Waals surface area (Å²) in [6, 6.07) is 12.1. The van der Waals surface area contributed by atoms with Gasteiger partial charge in [0.2, 0.25) is 15.9 Å². The predicted molar refractivity (Wildman–Crippen MR) is 117 cm³/mol. The Balaban J connectivity index is 1.60. The molecule has 2 aromatic rings. The van der Waals surface area contributed by atoms with Crippen LogP contribution in [-0.2, 0) is 27.7 Å². The minimum atomic E-state index is -3.87. The van der Waals surface area contributed by atoms with Crippen LogP contribution in [0.25, 0.3) is 0 Å². The van der Waals surface area contributed by atoms with Gasteiger partial charge in [-0.1, -0.05) is 37.3 Å². The lowest BCUT2D eigenvalue weighted by Crippen LogP contribution is -2.50. The molecule has 0 unspecified atom stereocenters. The maximum absolute atomic E-state index is 13.0. The van der Waals surface area contributed by atoms with Gasteiger partial charge in [0.25, 0.3) is 5.69 Å². The normalized spacial score (nSPS) is 15.1. The van der Waals surface area contributed by atoms with Gasteiger partial charge < -0.3 is 4.90 Å². The van der Waals surface area contributed by atoms with E-state index in [0.717, 1.165) is 18.1 Å². The second-order valence-electron chi connectivity index (χ2n) is 7.66. The first kappa shape index (κ1) is 22.9. The Labute approximate surface area is 182 Å². The van der Waals surface area contributed by atoms with E-state index in [4.69, 9.17) is 0 Å². The number of rotatable bonds is 7. The third-order valence-electron chi connectivity index (χ3n) is 5.65. The van der Waals surface area contributed by atoms with Gasteiger partial charge in [-0.15, -0.1) is 0 Å². The summed E-state index contributed by atoms with van der Waals surface area (Å²) in [5, 5.41) is 11.0. The van der Waals surface area contributed by atoms with Gasteiger partial charge in [0, 0.05) is 44.7 Å². The average molecular weight is 446 g/mol. The van der Waals surface area contributed by atoms with Crippen LogP contribution in [-0.4, -0.2) is 54.6 Å². The molecule has 3 rings (SSSR count). The zero-order valence-corrected chi connectivity index (χ0v) is 18.6. The SMILES string of the molecule is CCc1ccc(CCC(=O)N2CCN(S(=O)(=O)c3cc([N+](=O)[O-])ccc3C)CC2)cc1. The van der Waals surface area contributed by atoms with Crippen molar-refractivity contribution in [2.24, 2.45) is 0 Å². The van der Waals surface area contributed by atoms with E-state index in [1.165, 1.54) is 22.0 Å². The Hall–Kier alpha value is -2.78. The highest BCUT2D eigenvalue weighted by Crippen LogP contribution is 2.25. The molecule has 166 valence electrons. The van der Waals surface area contributed by atoms with Crippen molar-refractivity contribution in [2.45, 2.75) is 38.0 Å². The lowest BCUT2D eigenvalue weighted by Gasteiger charge is -2.34. The van der Waals surface area contributed by atoms with Gasteiger partial charge in [0.15, 0.2) is 0 Å². The number of nitro groups is 1. The number of non-ortho nitro benzene ring substituents is 1. The Kier molecular flexibility index (Phi) is 7.07. The molecule has 0 aliphatic carbocycles. The fraction of sp³-hybridized carbons (Fsp3) is 0.409. The van der Waals surface area contributed by atoms with E-state index in [9.17, 15) is 23.3 Å². The molecule has 1 fully saturated rings. The van der Waals surface area contributed by atoms with Crippen molar-refractivity contribution in [1.29, 1.82) is 0 Å². The molecular formula is C22H27N3O5S. The standard InChI is InChI=1S/C22H27N3O5S/c1-3-18-5-7-19(8-6-18)9-11-22(26)23-12-14-24(15-13-23)31(29,30)21-16-20(25(27)28)10-4-17(21)2/h4-8,10,16H,3,9,11-15H2,1-2H3. The fourth-order valence-corrected chi connectivity index (χ4v) is 5.31. The van der Waals surface area contributed by atoms with Gasteiger partial charge in [-0.2, -0.15) is 4.31 Å². The number of aryl methyl sites for hydroxylation is 3. The Bertz CT molecular complexity index is 1060. The van der Waals surface area contributed by atoms with Crippen molar-refractivity contribution >= 4 is 21.6 Å². The quantitative estimate of drug-likeness (QED) is 0.482. The molecule has 2 aromatic carbocycles. The van der Waals surface area contributed by atoms with E-state index >= 15 is 0 Å². The average Bonchev–Trinajstić information content (AvgIpc) is 2.77. The minimum absolute atomic E-state index is 0.00291. The molecule has 0 atom stereocenters. The van der Waals surface area contributed by atoms with Crippen LogP contribution in [0.15, 0.2) is 47.4 Å². The van der Waals surface area contributed by atoms with E-state index in [-0.39, 0.29) is 29.6 Å². The number of nitro benzene ring substituents is 1. The first-order chi connectivity index (χ1) is 14.7. The number of carbonyl (C=O) groups is 1. The van der Waals surface area contributed by atoms with Crippen LogP contribution in [0.4, 0.5) is 5.69 Å². The van der Waals surface area contributed by atoms with E-state index in [1.54, 1.807) is 11.8 Å². The number of sulfonamides is 1. The summed E-state index contributed by atoms with van der Waals surface area (Å²) in [5.41, 5.74) is 2.56. The summed E-state index contributed by atoms with van der Waals surface area (Å²) in [6.07, 6.45) is 2.00. The first-order valence-electron chi connectivity index (χ1n) is 10.3. The maximum Gasteiger partial charge on any atom is 0.270 e. The lowest BCUT2D eigenvalue weighted by molar-refractivity contribution is -0.385. The molecule has 31 heavy (non-hydrogen) atoms. The number of nitrogens with zero attached hydrogens (tertiary/aromatic N) is 3. The molecule has 1 saturated heterocycles. The van der Waals surface area contributed by atoms with Crippen LogP contribution in [0.1, 0.15) is 30.0 Å². The first-order valence-corrected chi connectivity index (χ1v) is 11.8. The highest BCUT2D eigenvalue weighted by molar-refractivity contribution is 7.89. The van der Waals surface area contributed by atoms with E-state index in [0.29, 0.717) is 31.5 Å². The van der Waals surface area contributed by atoms with Gasteiger partial charge in [-0.25, -0.2) is 8.42 Å². The molecule has 1 heterocycles.